The highest BCUT2D eigenvalue weighted by molar-refractivity contribution is 6.33. The van der Waals surface area contributed by atoms with Crippen LogP contribution in [-0.2, 0) is 6.42 Å². The van der Waals surface area contributed by atoms with Gasteiger partial charge in [0.05, 0.1) is 22.6 Å². The van der Waals surface area contributed by atoms with E-state index < -0.39 is 0 Å². The molecule has 2 aromatic carbocycles. The third-order valence-electron chi connectivity index (χ3n) is 5.28. The minimum atomic E-state index is -0.349. The van der Waals surface area contributed by atoms with Crippen molar-refractivity contribution >= 4 is 17.5 Å². The lowest BCUT2D eigenvalue weighted by atomic mass is 10.1. The number of hydrogen-bond acceptors (Lipinski definition) is 3. The third-order valence-corrected chi connectivity index (χ3v) is 5.63. The van der Waals surface area contributed by atoms with E-state index in [4.69, 9.17) is 11.6 Å². The summed E-state index contributed by atoms with van der Waals surface area (Å²) in [6.07, 6.45) is 1.53. The molecule has 0 aliphatic rings. The summed E-state index contributed by atoms with van der Waals surface area (Å²) in [5, 5.41) is 12.0. The Morgan fingerprint density at radius 1 is 1.16 bits per heavy atom. The molecule has 0 bridgehead atoms. The molecule has 0 unspecified atom stereocenters. The standard InChI is InChI=1S/C24H23ClFN5O/c1-16-22(23(25)31(29-16)20-12-10-18(26)11-13-20)24(32)30(2)14-6-9-19-15-21(28-27-19)17-7-4-3-5-8-17/h3-5,7-8,10-13,15H,6,9,14H2,1-2H3,(H,27,28). The van der Waals surface area contributed by atoms with E-state index in [9.17, 15) is 9.18 Å². The lowest BCUT2D eigenvalue weighted by Crippen LogP contribution is -2.28. The summed E-state index contributed by atoms with van der Waals surface area (Å²) in [4.78, 5) is 14.7. The quantitative estimate of drug-likeness (QED) is 0.426. The minimum absolute atomic E-state index is 0.199. The summed E-state index contributed by atoms with van der Waals surface area (Å²) < 4.78 is 14.7. The fraction of sp³-hybridized carbons (Fsp3) is 0.208. The van der Waals surface area contributed by atoms with Crippen molar-refractivity contribution in [2.45, 2.75) is 19.8 Å². The van der Waals surface area contributed by atoms with E-state index in [0.717, 1.165) is 29.8 Å². The van der Waals surface area contributed by atoms with Gasteiger partial charge < -0.3 is 4.90 Å². The molecular formula is C24H23ClFN5O. The SMILES string of the molecule is Cc1nn(-c2ccc(F)cc2)c(Cl)c1C(=O)N(C)CCCc1cc(-c2ccccc2)n[nH]1. The number of rotatable bonds is 7. The molecule has 4 rings (SSSR count). The second-order valence-corrected chi connectivity index (χ2v) is 7.97. The second kappa shape index (κ2) is 9.36. The van der Waals surface area contributed by atoms with Crippen LogP contribution >= 0.6 is 11.6 Å². The van der Waals surface area contributed by atoms with Gasteiger partial charge in [0.25, 0.3) is 5.91 Å². The molecule has 32 heavy (non-hydrogen) atoms. The first-order valence-corrected chi connectivity index (χ1v) is 10.7. The van der Waals surface area contributed by atoms with Gasteiger partial charge in [-0.2, -0.15) is 10.2 Å². The molecule has 6 nitrogen and oxygen atoms in total. The van der Waals surface area contributed by atoms with Gasteiger partial charge in [-0.1, -0.05) is 41.9 Å². The molecule has 0 saturated heterocycles. The first kappa shape index (κ1) is 21.8. The van der Waals surface area contributed by atoms with Crippen molar-refractivity contribution in [3.8, 4) is 16.9 Å². The maximum Gasteiger partial charge on any atom is 0.258 e. The van der Waals surface area contributed by atoms with Crippen LogP contribution in [0.1, 0.15) is 28.2 Å². The summed E-state index contributed by atoms with van der Waals surface area (Å²) in [7, 11) is 1.75. The van der Waals surface area contributed by atoms with Crippen LogP contribution in [0.3, 0.4) is 0 Å². The predicted molar refractivity (Wildman–Crippen MR) is 123 cm³/mol. The number of carbonyl (C=O) groups is 1. The van der Waals surface area contributed by atoms with Crippen LogP contribution in [0.15, 0.2) is 60.7 Å². The zero-order valence-corrected chi connectivity index (χ0v) is 18.6. The zero-order chi connectivity index (χ0) is 22.7. The highest BCUT2D eigenvalue weighted by atomic mass is 35.5. The van der Waals surface area contributed by atoms with Crippen LogP contribution < -0.4 is 0 Å². The Labute approximate surface area is 190 Å². The number of halogens is 2. The molecule has 1 amide bonds. The number of hydrogen-bond donors (Lipinski definition) is 1. The lowest BCUT2D eigenvalue weighted by molar-refractivity contribution is 0.0793. The molecule has 2 aromatic heterocycles. The first-order chi connectivity index (χ1) is 15.4. The Kier molecular flexibility index (Phi) is 6.37. The number of benzene rings is 2. The Morgan fingerprint density at radius 3 is 2.59 bits per heavy atom. The van der Waals surface area contributed by atoms with Crippen molar-refractivity contribution in [3.05, 3.63) is 88.6 Å². The smallest absolute Gasteiger partial charge is 0.258 e. The maximum atomic E-state index is 13.2. The van der Waals surface area contributed by atoms with Gasteiger partial charge in [-0.3, -0.25) is 9.89 Å². The molecule has 0 atom stereocenters. The van der Waals surface area contributed by atoms with Gasteiger partial charge in [0.2, 0.25) is 0 Å². The summed E-state index contributed by atoms with van der Waals surface area (Å²) in [6.45, 7) is 2.29. The van der Waals surface area contributed by atoms with E-state index in [1.165, 1.54) is 16.8 Å². The monoisotopic (exact) mass is 451 g/mol. The molecule has 164 valence electrons. The molecule has 4 aromatic rings. The van der Waals surface area contributed by atoms with E-state index in [1.807, 2.05) is 36.4 Å². The Balaban J connectivity index is 1.39. The first-order valence-electron chi connectivity index (χ1n) is 10.3. The van der Waals surface area contributed by atoms with E-state index in [1.54, 1.807) is 31.0 Å². The number of nitrogens with zero attached hydrogens (tertiary/aromatic N) is 4. The van der Waals surface area contributed by atoms with Gasteiger partial charge >= 0.3 is 0 Å². The van der Waals surface area contributed by atoms with Crippen LogP contribution in [0.25, 0.3) is 16.9 Å². The Hall–Kier alpha value is -3.45. The Morgan fingerprint density at radius 2 is 1.88 bits per heavy atom. The number of H-pyrrole nitrogens is 1. The second-order valence-electron chi connectivity index (χ2n) is 7.61. The number of amides is 1. The molecule has 1 N–H and O–H groups in total. The minimum Gasteiger partial charge on any atom is -0.342 e. The fourth-order valence-corrected chi connectivity index (χ4v) is 3.89. The van der Waals surface area contributed by atoms with Crippen LogP contribution in [0.5, 0.6) is 0 Å². The normalized spacial score (nSPS) is 11.0. The largest absolute Gasteiger partial charge is 0.342 e. The summed E-state index contributed by atoms with van der Waals surface area (Å²) in [5.74, 6) is -0.548. The van der Waals surface area contributed by atoms with Crippen molar-refractivity contribution < 1.29 is 9.18 Å². The highest BCUT2D eigenvalue weighted by Gasteiger charge is 2.23. The van der Waals surface area contributed by atoms with Gasteiger partial charge in [-0.25, -0.2) is 9.07 Å². The third kappa shape index (κ3) is 4.57. The van der Waals surface area contributed by atoms with Crippen LogP contribution in [0, 0.1) is 12.7 Å². The van der Waals surface area contributed by atoms with Crippen molar-refractivity contribution in [2.75, 3.05) is 13.6 Å². The topological polar surface area (TPSA) is 66.8 Å². The molecule has 0 saturated carbocycles. The maximum absolute atomic E-state index is 13.2. The number of aromatic nitrogens is 4. The van der Waals surface area contributed by atoms with Gasteiger partial charge in [-0.05, 0) is 50.1 Å². The van der Waals surface area contributed by atoms with Crippen molar-refractivity contribution in [1.29, 1.82) is 0 Å². The number of aromatic amines is 1. The molecule has 0 aliphatic heterocycles. The lowest BCUT2D eigenvalue weighted by Gasteiger charge is -2.16. The summed E-state index contributed by atoms with van der Waals surface area (Å²) in [5.41, 5.74) is 4.45. The summed E-state index contributed by atoms with van der Waals surface area (Å²) >= 11 is 6.48. The molecule has 0 radical (unpaired) electrons. The molecule has 0 fully saturated rings. The van der Waals surface area contributed by atoms with Crippen molar-refractivity contribution in [1.82, 2.24) is 24.9 Å². The average Bonchev–Trinajstić information content (AvgIpc) is 3.38. The van der Waals surface area contributed by atoms with E-state index in [2.05, 4.69) is 15.3 Å². The predicted octanol–water partition coefficient (Wildman–Crippen LogP) is 5.07. The summed E-state index contributed by atoms with van der Waals surface area (Å²) in [6, 6.07) is 17.8. The number of carbonyl (C=O) groups excluding carboxylic acids is 1. The zero-order valence-electron chi connectivity index (χ0n) is 17.8. The van der Waals surface area contributed by atoms with Gasteiger partial charge in [0, 0.05) is 24.8 Å². The van der Waals surface area contributed by atoms with Crippen LogP contribution in [-0.4, -0.2) is 44.4 Å². The average molecular weight is 452 g/mol. The van der Waals surface area contributed by atoms with Crippen molar-refractivity contribution in [3.63, 3.8) is 0 Å². The number of nitrogens with one attached hydrogen (secondary N) is 1. The molecule has 0 spiro atoms. The van der Waals surface area contributed by atoms with Crippen LogP contribution in [0.2, 0.25) is 5.15 Å². The van der Waals surface area contributed by atoms with Crippen LogP contribution in [0.4, 0.5) is 4.39 Å². The molecular weight excluding hydrogens is 429 g/mol. The number of aryl methyl sites for hydroxylation is 2. The van der Waals surface area contributed by atoms with E-state index in [0.29, 0.717) is 23.5 Å². The van der Waals surface area contributed by atoms with Crippen molar-refractivity contribution in [2.24, 2.45) is 0 Å². The van der Waals surface area contributed by atoms with Gasteiger partial charge in [0.15, 0.2) is 0 Å². The van der Waals surface area contributed by atoms with E-state index in [-0.39, 0.29) is 16.9 Å². The molecule has 0 aliphatic carbocycles. The van der Waals surface area contributed by atoms with Gasteiger partial charge in [-0.15, -0.1) is 0 Å². The van der Waals surface area contributed by atoms with E-state index >= 15 is 0 Å². The fourth-order valence-electron chi connectivity index (χ4n) is 3.54. The Bertz CT molecular complexity index is 1220. The molecule has 8 heteroatoms. The molecule has 2 heterocycles. The van der Waals surface area contributed by atoms with Gasteiger partial charge in [0.1, 0.15) is 11.0 Å². The highest BCUT2D eigenvalue weighted by Crippen LogP contribution is 2.25.